The van der Waals surface area contributed by atoms with Crippen molar-refractivity contribution in [1.29, 1.82) is 0 Å². The summed E-state index contributed by atoms with van der Waals surface area (Å²) in [7, 11) is 0. The first-order chi connectivity index (χ1) is 16.0. The summed E-state index contributed by atoms with van der Waals surface area (Å²) in [5, 5.41) is 25.1. The number of fused-ring (bicyclic) bond motifs is 2. The van der Waals surface area contributed by atoms with Crippen LogP contribution in [-0.4, -0.2) is 45.9 Å². The van der Waals surface area contributed by atoms with Gasteiger partial charge in [0.1, 0.15) is 23.4 Å². The van der Waals surface area contributed by atoms with E-state index in [0.717, 1.165) is 12.1 Å². The van der Waals surface area contributed by atoms with E-state index < -0.39 is 64.7 Å². The van der Waals surface area contributed by atoms with Crippen molar-refractivity contribution in [1.82, 2.24) is 10.6 Å². The summed E-state index contributed by atoms with van der Waals surface area (Å²) in [4.78, 5) is 25.3. The van der Waals surface area contributed by atoms with Crippen LogP contribution < -0.4 is 10.6 Å². The van der Waals surface area contributed by atoms with Crippen LogP contribution in [0.15, 0.2) is 12.1 Å². The molecule has 3 fully saturated rings. The van der Waals surface area contributed by atoms with Gasteiger partial charge < -0.3 is 20.8 Å². The Labute approximate surface area is 201 Å². The number of amides is 2. The summed E-state index contributed by atoms with van der Waals surface area (Å²) in [5.74, 6) is -3.75. The molecule has 0 aliphatic heterocycles. The first-order valence-electron chi connectivity index (χ1n) is 11.8. The van der Waals surface area contributed by atoms with Crippen LogP contribution in [0.4, 0.5) is 13.2 Å². The molecule has 6 nitrogen and oxygen atoms in total. The fourth-order valence-corrected chi connectivity index (χ4v) is 6.18. The van der Waals surface area contributed by atoms with Gasteiger partial charge in [-0.15, -0.1) is 0 Å². The van der Waals surface area contributed by atoms with Gasteiger partial charge in [0.15, 0.2) is 0 Å². The molecule has 2 amide bonds. The van der Waals surface area contributed by atoms with Crippen LogP contribution >= 0.6 is 11.6 Å². The Morgan fingerprint density at radius 1 is 1.21 bits per heavy atom. The average Bonchev–Trinajstić information content (AvgIpc) is 3.46. The zero-order valence-electron chi connectivity index (χ0n) is 18.9. The summed E-state index contributed by atoms with van der Waals surface area (Å²) in [6.45, 7) is 1.64. The maximum Gasteiger partial charge on any atom is 0.249 e. The lowest BCUT2D eigenvalue weighted by atomic mass is 9.74. The lowest BCUT2D eigenvalue weighted by molar-refractivity contribution is -0.131. The molecule has 0 saturated heterocycles. The van der Waals surface area contributed by atoms with Gasteiger partial charge in [-0.3, -0.25) is 9.59 Å². The van der Waals surface area contributed by atoms with Crippen molar-refractivity contribution in [2.75, 3.05) is 0 Å². The third kappa shape index (κ3) is 4.54. The number of aliphatic hydroxyl groups is 2. The Hall–Kier alpha value is -1.84. The second-order valence-electron chi connectivity index (χ2n) is 10.2. The molecule has 0 radical (unpaired) electrons. The summed E-state index contributed by atoms with van der Waals surface area (Å²) >= 11 is 5.93. The minimum Gasteiger partial charge on any atom is -0.391 e. The SMILES string of the molecule is CC[C@@H](O)C(=O)N[C@H]1C[C@H](C(=O)N[C@H](c2c(F)ccc(Cl)c2F)C23CCC(F)(CC2)C3)C[C@H]1O. The molecular formula is C24H30ClF3N2O4. The summed E-state index contributed by atoms with van der Waals surface area (Å²) in [6.07, 6.45) is -0.527. The summed E-state index contributed by atoms with van der Waals surface area (Å²) in [5.41, 5.74) is -2.62. The number of nitrogens with one attached hydrogen (secondary N) is 2. The highest BCUT2D eigenvalue weighted by molar-refractivity contribution is 6.30. The lowest BCUT2D eigenvalue weighted by Crippen LogP contribution is -2.45. The molecule has 34 heavy (non-hydrogen) atoms. The minimum absolute atomic E-state index is 0.0340. The number of rotatable bonds is 7. The monoisotopic (exact) mass is 502 g/mol. The Balaban J connectivity index is 1.57. The van der Waals surface area contributed by atoms with E-state index >= 15 is 8.78 Å². The third-order valence-electron chi connectivity index (χ3n) is 7.99. The summed E-state index contributed by atoms with van der Waals surface area (Å²) in [6, 6.07) is 0.275. The fraction of sp³-hybridized carbons (Fsp3) is 0.667. The predicted molar refractivity (Wildman–Crippen MR) is 119 cm³/mol. The molecule has 3 saturated carbocycles. The van der Waals surface area contributed by atoms with Crippen LogP contribution in [0.1, 0.15) is 69.9 Å². The first-order valence-corrected chi connectivity index (χ1v) is 12.2. The summed E-state index contributed by atoms with van der Waals surface area (Å²) < 4.78 is 45.0. The first kappa shape index (κ1) is 25.3. The second-order valence-corrected chi connectivity index (χ2v) is 10.6. The zero-order valence-corrected chi connectivity index (χ0v) is 19.7. The van der Waals surface area contributed by atoms with Crippen molar-refractivity contribution in [2.45, 2.75) is 88.3 Å². The van der Waals surface area contributed by atoms with Gasteiger partial charge in [-0.2, -0.15) is 0 Å². The van der Waals surface area contributed by atoms with Gasteiger partial charge in [0.25, 0.3) is 0 Å². The molecule has 3 aliphatic rings. The highest BCUT2D eigenvalue weighted by Gasteiger charge is 2.59. The third-order valence-corrected chi connectivity index (χ3v) is 8.29. The normalized spacial score (nSPS) is 34.1. The van der Waals surface area contributed by atoms with E-state index in [4.69, 9.17) is 11.6 Å². The van der Waals surface area contributed by atoms with Crippen LogP contribution in [0.5, 0.6) is 0 Å². The molecule has 2 bridgehead atoms. The van der Waals surface area contributed by atoms with Crippen molar-refractivity contribution in [2.24, 2.45) is 11.3 Å². The van der Waals surface area contributed by atoms with Crippen molar-refractivity contribution >= 4 is 23.4 Å². The molecule has 188 valence electrons. The van der Waals surface area contributed by atoms with E-state index in [1.54, 1.807) is 6.92 Å². The van der Waals surface area contributed by atoms with Crippen LogP contribution in [0.3, 0.4) is 0 Å². The van der Waals surface area contributed by atoms with E-state index in [0.29, 0.717) is 12.8 Å². The fourth-order valence-electron chi connectivity index (χ4n) is 6.02. The van der Waals surface area contributed by atoms with Crippen molar-refractivity contribution < 1.29 is 33.0 Å². The van der Waals surface area contributed by atoms with Crippen molar-refractivity contribution in [3.8, 4) is 0 Å². The number of hydrogen-bond donors (Lipinski definition) is 4. The van der Waals surface area contributed by atoms with E-state index in [1.165, 1.54) is 0 Å². The van der Waals surface area contributed by atoms with Crippen LogP contribution in [0.2, 0.25) is 5.02 Å². The minimum atomic E-state index is -1.41. The molecule has 10 heteroatoms. The number of hydrogen-bond acceptors (Lipinski definition) is 4. The second kappa shape index (κ2) is 9.32. The number of halogens is 4. The van der Waals surface area contributed by atoms with E-state index in [9.17, 15) is 24.2 Å². The molecule has 5 atom stereocenters. The standard InChI is InChI=1S/C24H30ClF3N2O4/c1-2-16(31)22(34)29-15-9-12(10-17(15)32)21(33)30-20(18-14(26)4-3-13(25)19(18)27)23-5-7-24(28,11-23)8-6-23/h3-4,12,15-17,20,31-32H,2,5-11H2,1H3,(H,29,34)(H,30,33)/t12-,15-,16+,17+,20+,23?,24?/m0/s1. The molecule has 4 N–H and O–H groups in total. The van der Waals surface area contributed by atoms with E-state index in [-0.39, 0.29) is 49.1 Å². The molecule has 0 unspecified atom stereocenters. The Kier molecular flexibility index (Phi) is 6.92. The van der Waals surface area contributed by atoms with Crippen molar-refractivity contribution in [3.05, 3.63) is 34.4 Å². The number of carbonyl (C=O) groups is 2. The average molecular weight is 503 g/mol. The van der Waals surface area contributed by atoms with E-state index in [1.807, 2.05) is 0 Å². The van der Waals surface area contributed by atoms with Gasteiger partial charge >= 0.3 is 0 Å². The molecular weight excluding hydrogens is 473 g/mol. The highest BCUT2D eigenvalue weighted by atomic mass is 35.5. The van der Waals surface area contributed by atoms with Crippen LogP contribution in [0.25, 0.3) is 0 Å². The highest BCUT2D eigenvalue weighted by Crippen LogP contribution is 2.63. The van der Waals surface area contributed by atoms with Crippen LogP contribution in [-0.2, 0) is 9.59 Å². The molecule has 3 aliphatic carbocycles. The van der Waals surface area contributed by atoms with Crippen LogP contribution in [0, 0.1) is 23.0 Å². The molecule has 0 aromatic heterocycles. The predicted octanol–water partition coefficient (Wildman–Crippen LogP) is 3.47. The topological polar surface area (TPSA) is 98.7 Å². The van der Waals surface area contributed by atoms with Crippen molar-refractivity contribution in [3.63, 3.8) is 0 Å². The molecule has 0 heterocycles. The van der Waals surface area contributed by atoms with Gasteiger partial charge in [-0.25, -0.2) is 13.2 Å². The Morgan fingerprint density at radius 3 is 2.47 bits per heavy atom. The van der Waals surface area contributed by atoms with E-state index in [2.05, 4.69) is 10.6 Å². The maximum absolute atomic E-state index is 15.1. The molecule has 4 rings (SSSR count). The molecule has 1 aromatic rings. The Bertz CT molecular complexity index is 970. The lowest BCUT2D eigenvalue weighted by Gasteiger charge is -2.37. The van der Waals surface area contributed by atoms with Gasteiger partial charge in [0.2, 0.25) is 11.8 Å². The van der Waals surface area contributed by atoms with Gasteiger partial charge in [0, 0.05) is 11.5 Å². The molecule has 0 spiro atoms. The van der Waals surface area contributed by atoms with Gasteiger partial charge in [0.05, 0.1) is 23.2 Å². The zero-order chi connectivity index (χ0) is 24.8. The number of alkyl halides is 1. The number of benzene rings is 1. The number of carbonyl (C=O) groups excluding carboxylic acids is 2. The van der Waals surface area contributed by atoms with Gasteiger partial charge in [-0.05, 0) is 68.9 Å². The maximum atomic E-state index is 15.1. The van der Waals surface area contributed by atoms with Gasteiger partial charge in [-0.1, -0.05) is 18.5 Å². The quantitative estimate of drug-likeness (QED) is 0.429. The Morgan fingerprint density at radius 2 is 1.88 bits per heavy atom. The smallest absolute Gasteiger partial charge is 0.249 e. The molecule has 1 aromatic carbocycles. The number of aliphatic hydroxyl groups excluding tert-OH is 2. The largest absolute Gasteiger partial charge is 0.391 e.